The van der Waals surface area contributed by atoms with Crippen LogP contribution in [0.2, 0.25) is 5.15 Å². The summed E-state index contributed by atoms with van der Waals surface area (Å²) in [4.78, 5) is 10.9. The molecular formula is C13H20ClN3O2. The van der Waals surface area contributed by atoms with E-state index in [1.54, 1.807) is 6.07 Å². The number of halogens is 1. The Kier molecular flexibility index (Phi) is 5.36. The van der Waals surface area contributed by atoms with Crippen LogP contribution in [0.15, 0.2) is 6.07 Å². The summed E-state index contributed by atoms with van der Waals surface area (Å²) in [5, 5.41) is 0.456. The summed E-state index contributed by atoms with van der Waals surface area (Å²) in [5.41, 5.74) is 0. The highest BCUT2D eigenvalue weighted by atomic mass is 35.5. The highest BCUT2D eigenvalue weighted by Gasteiger charge is 2.17. The van der Waals surface area contributed by atoms with Crippen LogP contribution in [0.5, 0.6) is 0 Å². The van der Waals surface area contributed by atoms with Gasteiger partial charge in [0.1, 0.15) is 17.6 Å². The first-order valence-corrected chi connectivity index (χ1v) is 7.04. The van der Waals surface area contributed by atoms with Gasteiger partial charge in [0.25, 0.3) is 0 Å². The second-order valence-corrected chi connectivity index (χ2v) is 4.97. The lowest BCUT2D eigenvalue weighted by atomic mass is 10.3. The summed E-state index contributed by atoms with van der Waals surface area (Å²) >= 11 is 6.06. The van der Waals surface area contributed by atoms with E-state index in [4.69, 9.17) is 21.1 Å². The van der Waals surface area contributed by atoms with Crippen molar-refractivity contribution in [1.82, 2.24) is 9.97 Å². The smallest absolute Gasteiger partial charge is 0.158 e. The number of hydrogen-bond acceptors (Lipinski definition) is 5. The maximum atomic E-state index is 6.06. The predicted molar refractivity (Wildman–Crippen MR) is 74.6 cm³/mol. The first kappa shape index (κ1) is 14.5. The standard InChI is InChI=1S/C13H20ClN3O2/c1-3-18-9-12-15-11(14)7-13(16-12)17-5-4-6-19-10(2)8-17/h7,10H,3-6,8-9H2,1-2H3. The van der Waals surface area contributed by atoms with Crippen LogP contribution in [0.4, 0.5) is 5.82 Å². The van der Waals surface area contributed by atoms with Crippen LogP contribution >= 0.6 is 11.6 Å². The molecule has 19 heavy (non-hydrogen) atoms. The van der Waals surface area contributed by atoms with E-state index >= 15 is 0 Å². The maximum Gasteiger partial charge on any atom is 0.158 e. The van der Waals surface area contributed by atoms with Gasteiger partial charge in [0.05, 0.1) is 6.10 Å². The molecule has 1 unspecified atom stereocenters. The normalized spacial score (nSPS) is 20.4. The molecule has 2 rings (SSSR count). The van der Waals surface area contributed by atoms with Crippen molar-refractivity contribution in [3.63, 3.8) is 0 Å². The number of hydrogen-bond donors (Lipinski definition) is 0. The zero-order valence-electron chi connectivity index (χ0n) is 11.4. The van der Waals surface area contributed by atoms with E-state index in [1.807, 2.05) is 6.92 Å². The number of rotatable bonds is 4. The van der Waals surface area contributed by atoms with Crippen molar-refractivity contribution in [3.8, 4) is 0 Å². The molecule has 0 radical (unpaired) electrons. The van der Waals surface area contributed by atoms with Crippen molar-refractivity contribution in [2.45, 2.75) is 33.0 Å². The van der Waals surface area contributed by atoms with Crippen LogP contribution in [-0.4, -0.2) is 42.4 Å². The van der Waals surface area contributed by atoms with Crippen molar-refractivity contribution in [2.24, 2.45) is 0 Å². The van der Waals surface area contributed by atoms with E-state index in [0.717, 1.165) is 31.9 Å². The summed E-state index contributed by atoms with van der Waals surface area (Å²) < 4.78 is 11.0. The number of aromatic nitrogens is 2. The Morgan fingerprint density at radius 3 is 3.16 bits per heavy atom. The first-order valence-electron chi connectivity index (χ1n) is 6.66. The lowest BCUT2D eigenvalue weighted by Crippen LogP contribution is -2.31. The zero-order chi connectivity index (χ0) is 13.7. The molecule has 2 heterocycles. The topological polar surface area (TPSA) is 47.5 Å². The molecule has 1 aliphatic heterocycles. The molecule has 0 bridgehead atoms. The van der Waals surface area contributed by atoms with Gasteiger partial charge < -0.3 is 14.4 Å². The summed E-state index contributed by atoms with van der Waals surface area (Å²) in [6, 6.07) is 1.80. The molecule has 0 spiro atoms. The van der Waals surface area contributed by atoms with Gasteiger partial charge in [-0.25, -0.2) is 9.97 Å². The Balaban J connectivity index is 2.15. The molecule has 6 heteroatoms. The first-order chi connectivity index (χ1) is 9.19. The molecule has 0 aromatic carbocycles. The van der Waals surface area contributed by atoms with Gasteiger partial charge >= 0.3 is 0 Å². The van der Waals surface area contributed by atoms with Gasteiger partial charge in [0, 0.05) is 32.4 Å². The minimum atomic E-state index is 0.201. The van der Waals surface area contributed by atoms with Crippen molar-refractivity contribution < 1.29 is 9.47 Å². The van der Waals surface area contributed by atoms with Crippen molar-refractivity contribution in [2.75, 3.05) is 31.2 Å². The largest absolute Gasteiger partial charge is 0.377 e. The van der Waals surface area contributed by atoms with Crippen LogP contribution in [0.25, 0.3) is 0 Å². The van der Waals surface area contributed by atoms with Crippen LogP contribution in [0.1, 0.15) is 26.1 Å². The van der Waals surface area contributed by atoms with E-state index in [9.17, 15) is 0 Å². The molecule has 1 fully saturated rings. The average Bonchev–Trinajstić information content (AvgIpc) is 2.60. The van der Waals surface area contributed by atoms with Gasteiger partial charge in [0.2, 0.25) is 0 Å². The highest BCUT2D eigenvalue weighted by Crippen LogP contribution is 2.19. The fourth-order valence-electron chi connectivity index (χ4n) is 2.07. The second kappa shape index (κ2) is 7.03. The molecule has 0 N–H and O–H groups in total. The Hall–Kier alpha value is -0.910. The minimum Gasteiger partial charge on any atom is -0.377 e. The van der Waals surface area contributed by atoms with Crippen LogP contribution in [-0.2, 0) is 16.1 Å². The molecule has 1 aromatic heterocycles. The van der Waals surface area contributed by atoms with Crippen LogP contribution in [0.3, 0.4) is 0 Å². The van der Waals surface area contributed by atoms with Gasteiger partial charge in [0.15, 0.2) is 5.82 Å². The molecule has 1 saturated heterocycles. The molecule has 0 saturated carbocycles. The molecule has 1 aliphatic rings. The number of nitrogens with zero attached hydrogens (tertiary/aromatic N) is 3. The van der Waals surface area contributed by atoms with Gasteiger partial charge in [-0.15, -0.1) is 0 Å². The van der Waals surface area contributed by atoms with Crippen LogP contribution < -0.4 is 4.90 Å². The molecule has 106 valence electrons. The zero-order valence-corrected chi connectivity index (χ0v) is 12.2. The second-order valence-electron chi connectivity index (χ2n) is 4.58. The lowest BCUT2D eigenvalue weighted by molar-refractivity contribution is 0.0820. The average molecular weight is 286 g/mol. The molecule has 0 aliphatic carbocycles. The SMILES string of the molecule is CCOCc1nc(Cl)cc(N2CCCOC(C)C2)n1. The third kappa shape index (κ3) is 4.30. The molecule has 1 aromatic rings. The van der Waals surface area contributed by atoms with Crippen LogP contribution in [0, 0.1) is 0 Å². The minimum absolute atomic E-state index is 0.201. The summed E-state index contributed by atoms with van der Waals surface area (Å²) in [5.74, 6) is 1.48. The maximum absolute atomic E-state index is 6.06. The van der Waals surface area contributed by atoms with Gasteiger partial charge in [-0.3, -0.25) is 0 Å². The quantitative estimate of drug-likeness (QED) is 0.794. The molecule has 0 amide bonds. The lowest BCUT2D eigenvalue weighted by Gasteiger charge is -2.23. The van der Waals surface area contributed by atoms with E-state index in [2.05, 4.69) is 21.8 Å². The van der Waals surface area contributed by atoms with Gasteiger partial charge in [-0.2, -0.15) is 0 Å². The summed E-state index contributed by atoms with van der Waals surface area (Å²) in [6.07, 6.45) is 1.19. The number of ether oxygens (including phenoxy) is 2. The monoisotopic (exact) mass is 285 g/mol. The third-order valence-electron chi connectivity index (χ3n) is 2.94. The Labute approximate surface area is 118 Å². The van der Waals surface area contributed by atoms with E-state index < -0.39 is 0 Å². The van der Waals surface area contributed by atoms with Crippen molar-refractivity contribution >= 4 is 17.4 Å². The Morgan fingerprint density at radius 2 is 2.37 bits per heavy atom. The summed E-state index contributed by atoms with van der Waals surface area (Å²) in [7, 11) is 0. The highest BCUT2D eigenvalue weighted by molar-refractivity contribution is 6.29. The third-order valence-corrected chi connectivity index (χ3v) is 3.13. The van der Waals surface area contributed by atoms with Gasteiger partial charge in [-0.05, 0) is 20.3 Å². The fraction of sp³-hybridized carbons (Fsp3) is 0.692. The Bertz CT molecular complexity index is 417. The van der Waals surface area contributed by atoms with Crippen molar-refractivity contribution in [1.29, 1.82) is 0 Å². The van der Waals surface area contributed by atoms with E-state index in [-0.39, 0.29) is 6.10 Å². The fourth-order valence-corrected chi connectivity index (χ4v) is 2.27. The predicted octanol–water partition coefficient (Wildman–Crippen LogP) is 2.28. The van der Waals surface area contributed by atoms with E-state index in [1.165, 1.54) is 0 Å². The molecule has 1 atom stereocenters. The van der Waals surface area contributed by atoms with Gasteiger partial charge in [-0.1, -0.05) is 11.6 Å². The molecular weight excluding hydrogens is 266 g/mol. The molecule has 5 nitrogen and oxygen atoms in total. The summed E-state index contributed by atoms with van der Waals surface area (Å²) in [6.45, 7) is 7.58. The number of anilines is 1. The van der Waals surface area contributed by atoms with E-state index in [0.29, 0.717) is 24.2 Å². The Morgan fingerprint density at radius 1 is 1.53 bits per heavy atom. The van der Waals surface area contributed by atoms with Crippen molar-refractivity contribution in [3.05, 3.63) is 17.0 Å².